The van der Waals surface area contributed by atoms with E-state index in [0.29, 0.717) is 41.3 Å². The van der Waals surface area contributed by atoms with E-state index in [-0.39, 0.29) is 29.7 Å². The monoisotopic (exact) mass is 592 g/mol. The van der Waals surface area contributed by atoms with Crippen LogP contribution in [0.5, 0.6) is 0 Å². The Morgan fingerprint density at radius 3 is 2.24 bits per heavy atom. The smallest absolute Gasteiger partial charge is 0.251 e. The number of amides is 2. The fraction of sp³-hybridized carbons (Fsp3) is 0.394. The first kappa shape index (κ1) is 29.6. The largest absolute Gasteiger partial charge is 0.350 e. The van der Waals surface area contributed by atoms with Crippen molar-refractivity contribution in [3.63, 3.8) is 0 Å². The van der Waals surface area contributed by atoms with E-state index >= 15 is 0 Å². The Bertz CT molecular complexity index is 1310. The molecular weight excluding hydrogens is 555 g/mol. The number of hydrogen-bond acceptors (Lipinski definition) is 4. The summed E-state index contributed by atoms with van der Waals surface area (Å²) in [4.78, 5) is 29.2. The van der Waals surface area contributed by atoms with Crippen molar-refractivity contribution in [2.75, 3.05) is 26.2 Å². The molecule has 8 heteroatoms. The molecule has 1 aliphatic carbocycles. The quantitative estimate of drug-likeness (QED) is 0.290. The molecule has 2 fully saturated rings. The fourth-order valence-corrected chi connectivity index (χ4v) is 6.16. The van der Waals surface area contributed by atoms with Crippen LogP contribution in [0.4, 0.5) is 0 Å². The van der Waals surface area contributed by atoms with E-state index < -0.39 is 5.54 Å². The molecule has 41 heavy (non-hydrogen) atoms. The highest BCUT2D eigenvalue weighted by Crippen LogP contribution is 2.46. The van der Waals surface area contributed by atoms with Crippen LogP contribution < -0.4 is 16.0 Å². The van der Waals surface area contributed by atoms with Crippen LogP contribution in [0, 0.1) is 5.92 Å². The van der Waals surface area contributed by atoms with Crippen LogP contribution in [-0.4, -0.2) is 60.5 Å². The molecule has 5 rings (SSSR count). The summed E-state index contributed by atoms with van der Waals surface area (Å²) >= 11 is 12.2. The zero-order chi connectivity index (χ0) is 29.0. The van der Waals surface area contributed by atoms with E-state index in [1.54, 1.807) is 18.2 Å². The second-order valence-corrected chi connectivity index (χ2v) is 12.3. The predicted octanol–water partition coefficient (Wildman–Crippen LogP) is 5.50. The lowest BCUT2D eigenvalue weighted by molar-refractivity contribution is -0.134. The molecule has 6 nitrogen and oxygen atoms in total. The van der Waals surface area contributed by atoms with Crippen LogP contribution in [0.15, 0.2) is 78.9 Å². The number of benzene rings is 3. The lowest BCUT2D eigenvalue weighted by atomic mass is 9.90. The number of nitrogens with zero attached hydrogens (tertiary/aromatic N) is 1. The van der Waals surface area contributed by atoms with Crippen molar-refractivity contribution < 1.29 is 9.59 Å². The van der Waals surface area contributed by atoms with Crippen LogP contribution in [0.2, 0.25) is 10.0 Å². The highest BCUT2D eigenvalue weighted by molar-refractivity contribution is 6.42. The summed E-state index contributed by atoms with van der Waals surface area (Å²) in [6.45, 7) is 6.63. The van der Waals surface area contributed by atoms with Crippen molar-refractivity contribution in [2.24, 2.45) is 5.92 Å². The molecule has 0 radical (unpaired) electrons. The molecule has 216 valence electrons. The van der Waals surface area contributed by atoms with Crippen LogP contribution in [-0.2, 0) is 4.79 Å². The number of carbonyl (C=O) groups is 2. The number of carbonyl (C=O) groups excluding carboxylic acids is 2. The summed E-state index contributed by atoms with van der Waals surface area (Å²) in [5.74, 6) is 0.200. The van der Waals surface area contributed by atoms with Gasteiger partial charge in [-0.2, -0.15) is 0 Å². The Kier molecular flexibility index (Phi) is 9.35. The topological polar surface area (TPSA) is 73.5 Å². The van der Waals surface area contributed by atoms with Gasteiger partial charge in [-0.05, 0) is 42.2 Å². The Balaban J connectivity index is 1.35. The second kappa shape index (κ2) is 13.0. The molecule has 1 saturated carbocycles. The van der Waals surface area contributed by atoms with Crippen molar-refractivity contribution in [1.82, 2.24) is 20.9 Å². The maximum Gasteiger partial charge on any atom is 0.251 e. The standard InChI is InChI=1S/C33H38Cl2N4O2/c1-22(2)36-19-26-18-33(26)32(41)39(21-28(23-9-5-3-6-10-23)24-11-7-4-8-12-24)16-15-27(38-33)20-37-31(40)25-13-14-29(34)30(35)17-25/h3-14,17,22,26-28,36,38H,15-16,18-21H2,1-2H3,(H,37,40)/t26?,27-,33?/m0/s1. The third-order valence-electron chi connectivity index (χ3n) is 8.25. The van der Waals surface area contributed by atoms with Gasteiger partial charge in [0.15, 0.2) is 0 Å². The van der Waals surface area contributed by atoms with Crippen molar-refractivity contribution in [3.05, 3.63) is 106 Å². The molecule has 1 aliphatic heterocycles. The summed E-state index contributed by atoms with van der Waals surface area (Å²) < 4.78 is 0. The van der Waals surface area contributed by atoms with Gasteiger partial charge in [0, 0.05) is 55.7 Å². The van der Waals surface area contributed by atoms with Gasteiger partial charge in [0.1, 0.15) is 5.54 Å². The van der Waals surface area contributed by atoms with Gasteiger partial charge in [-0.3, -0.25) is 14.9 Å². The van der Waals surface area contributed by atoms with Gasteiger partial charge in [-0.1, -0.05) is 97.7 Å². The van der Waals surface area contributed by atoms with Gasteiger partial charge in [0.25, 0.3) is 5.91 Å². The van der Waals surface area contributed by atoms with Crippen molar-refractivity contribution >= 4 is 35.0 Å². The molecule has 0 aromatic heterocycles. The van der Waals surface area contributed by atoms with Crippen molar-refractivity contribution in [3.8, 4) is 0 Å². The SMILES string of the molecule is CC(C)NCC1CC12N[C@H](CNC(=O)c1ccc(Cl)c(Cl)c1)CCN(CC(c1ccccc1)c1ccccc1)C2=O. The molecule has 3 aromatic carbocycles. The molecular formula is C33H38Cl2N4O2. The number of nitrogens with one attached hydrogen (secondary N) is 3. The molecule has 1 heterocycles. The van der Waals surface area contributed by atoms with Crippen LogP contribution in [0.1, 0.15) is 54.1 Å². The van der Waals surface area contributed by atoms with E-state index in [2.05, 4.69) is 78.3 Å². The maximum absolute atomic E-state index is 14.3. The van der Waals surface area contributed by atoms with Gasteiger partial charge >= 0.3 is 0 Å². The Morgan fingerprint density at radius 1 is 0.976 bits per heavy atom. The van der Waals surface area contributed by atoms with Gasteiger partial charge in [0.2, 0.25) is 5.91 Å². The minimum absolute atomic E-state index is 0.0494. The Labute approximate surface area is 252 Å². The molecule has 2 unspecified atom stereocenters. The van der Waals surface area contributed by atoms with Crippen molar-refractivity contribution in [1.29, 1.82) is 0 Å². The molecule has 3 atom stereocenters. The minimum atomic E-state index is -0.630. The van der Waals surface area contributed by atoms with E-state index in [4.69, 9.17) is 23.2 Å². The molecule has 0 bridgehead atoms. The van der Waals surface area contributed by atoms with Gasteiger partial charge < -0.3 is 15.5 Å². The zero-order valence-corrected chi connectivity index (χ0v) is 25.1. The summed E-state index contributed by atoms with van der Waals surface area (Å²) in [6, 6.07) is 26.0. The minimum Gasteiger partial charge on any atom is -0.350 e. The average molecular weight is 594 g/mol. The average Bonchev–Trinajstić information content (AvgIpc) is 3.71. The van der Waals surface area contributed by atoms with Gasteiger partial charge in [-0.25, -0.2) is 0 Å². The fourth-order valence-electron chi connectivity index (χ4n) is 5.86. The summed E-state index contributed by atoms with van der Waals surface area (Å²) in [7, 11) is 0. The summed E-state index contributed by atoms with van der Waals surface area (Å²) in [5, 5.41) is 11.0. The van der Waals surface area contributed by atoms with E-state index in [1.807, 2.05) is 17.0 Å². The first-order valence-corrected chi connectivity index (χ1v) is 15.2. The predicted molar refractivity (Wildman–Crippen MR) is 166 cm³/mol. The van der Waals surface area contributed by atoms with Gasteiger partial charge in [0.05, 0.1) is 10.0 Å². The van der Waals surface area contributed by atoms with Gasteiger partial charge in [-0.15, -0.1) is 0 Å². The summed E-state index contributed by atoms with van der Waals surface area (Å²) in [5.41, 5.74) is 2.21. The molecule has 1 spiro atoms. The van der Waals surface area contributed by atoms with Crippen LogP contribution in [0.3, 0.4) is 0 Å². The highest BCUT2D eigenvalue weighted by atomic mass is 35.5. The third kappa shape index (κ3) is 6.95. The van der Waals surface area contributed by atoms with E-state index in [9.17, 15) is 9.59 Å². The van der Waals surface area contributed by atoms with E-state index in [0.717, 1.165) is 19.4 Å². The number of hydrogen-bond donors (Lipinski definition) is 3. The normalized spacial score (nSPS) is 22.3. The molecule has 3 aromatic rings. The van der Waals surface area contributed by atoms with Crippen molar-refractivity contribution in [2.45, 2.75) is 50.2 Å². The highest BCUT2D eigenvalue weighted by Gasteiger charge is 2.62. The van der Waals surface area contributed by atoms with Crippen LogP contribution >= 0.6 is 23.2 Å². The maximum atomic E-state index is 14.3. The number of halogens is 2. The summed E-state index contributed by atoms with van der Waals surface area (Å²) in [6.07, 6.45) is 1.51. The number of rotatable bonds is 10. The Morgan fingerprint density at radius 2 is 1.63 bits per heavy atom. The first-order valence-electron chi connectivity index (χ1n) is 14.4. The second-order valence-electron chi connectivity index (χ2n) is 11.5. The molecule has 1 saturated heterocycles. The van der Waals surface area contributed by atoms with Crippen LogP contribution in [0.25, 0.3) is 0 Å². The van der Waals surface area contributed by atoms with E-state index in [1.165, 1.54) is 11.1 Å². The molecule has 2 aliphatic rings. The third-order valence-corrected chi connectivity index (χ3v) is 8.99. The lowest BCUT2D eigenvalue weighted by Gasteiger charge is -2.30. The lowest BCUT2D eigenvalue weighted by Crippen LogP contribution is -2.53. The first-order chi connectivity index (χ1) is 19.8. The zero-order valence-electron chi connectivity index (χ0n) is 23.6. The molecule has 3 N–H and O–H groups in total. The molecule has 2 amide bonds. The Hall–Kier alpha value is -2.90.